The van der Waals surface area contributed by atoms with Crippen LogP contribution >= 0.6 is 0 Å². The van der Waals surface area contributed by atoms with Crippen molar-refractivity contribution in [1.82, 2.24) is 9.71 Å². The van der Waals surface area contributed by atoms with E-state index < -0.39 is 0 Å². The summed E-state index contributed by atoms with van der Waals surface area (Å²) in [4.78, 5) is 5.06. The summed E-state index contributed by atoms with van der Waals surface area (Å²) >= 11 is 0. The Labute approximate surface area is 97.3 Å². The van der Waals surface area contributed by atoms with Crippen LogP contribution in [0, 0.1) is 0 Å². The fourth-order valence-electron chi connectivity index (χ4n) is 2.07. The first-order valence-corrected chi connectivity index (χ1v) is 6.48. The molecule has 1 radical (unpaired) electrons. The molecule has 15 heavy (non-hydrogen) atoms. The van der Waals surface area contributed by atoms with Crippen LogP contribution in [0.25, 0.3) is 0 Å². The Morgan fingerprint density at radius 2 is 1.87 bits per heavy atom. The topological polar surface area (TPSA) is 6.48 Å². The molecular formula is C12H28BN2. The zero-order valence-electron chi connectivity index (χ0n) is 11.5. The molecule has 0 bridgehead atoms. The molecule has 1 saturated heterocycles. The van der Waals surface area contributed by atoms with E-state index in [9.17, 15) is 0 Å². The normalized spacial score (nSPS) is 23.5. The van der Waals surface area contributed by atoms with E-state index in [0.29, 0.717) is 6.04 Å². The van der Waals surface area contributed by atoms with Gasteiger partial charge in [0.1, 0.15) is 0 Å². The van der Waals surface area contributed by atoms with Crippen molar-refractivity contribution in [3.63, 3.8) is 0 Å². The summed E-state index contributed by atoms with van der Waals surface area (Å²) in [5.74, 6) is 0. The number of nitrogens with zero attached hydrogens (tertiary/aromatic N) is 2. The second-order valence-electron chi connectivity index (χ2n) is 4.15. The Balaban J connectivity index is 0.000000921. The maximum Gasteiger partial charge on any atom is 0.205 e. The van der Waals surface area contributed by atoms with Gasteiger partial charge in [0.15, 0.2) is 0 Å². The second-order valence-corrected chi connectivity index (χ2v) is 4.15. The smallest absolute Gasteiger partial charge is 0.205 e. The van der Waals surface area contributed by atoms with Gasteiger partial charge in [0, 0.05) is 25.2 Å². The van der Waals surface area contributed by atoms with Gasteiger partial charge in [0.05, 0.1) is 0 Å². The van der Waals surface area contributed by atoms with E-state index in [1.165, 1.54) is 26.1 Å². The van der Waals surface area contributed by atoms with E-state index in [1.54, 1.807) is 0 Å². The lowest BCUT2D eigenvalue weighted by Crippen LogP contribution is -2.55. The zero-order valence-corrected chi connectivity index (χ0v) is 11.5. The van der Waals surface area contributed by atoms with Crippen LogP contribution in [-0.4, -0.2) is 48.8 Å². The molecule has 1 unspecified atom stereocenters. The van der Waals surface area contributed by atoms with Gasteiger partial charge in [-0.3, -0.25) is 4.90 Å². The molecule has 0 aliphatic carbocycles. The quantitative estimate of drug-likeness (QED) is 0.662. The van der Waals surface area contributed by atoms with Gasteiger partial charge in [-0.05, 0) is 26.8 Å². The number of piperazine rings is 1. The lowest BCUT2D eigenvalue weighted by Gasteiger charge is -2.42. The molecule has 0 aromatic carbocycles. The van der Waals surface area contributed by atoms with Crippen molar-refractivity contribution < 1.29 is 0 Å². The first kappa shape index (κ1) is 15.0. The van der Waals surface area contributed by atoms with Gasteiger partial charge < -0.3 is 4.81 Å². The Morgan fingerprint density at radius 1 is 1.27 bits per heavy atom. The monoisotopic (exact) mass is 211 g/mol. The molecule has 1 fully saturated rings. The van der Waals surface area contributed by atoms with Gasteiger partial charge in [0.25, 0.3) is 0 Å². The summed E-state index contributed by atoms with van der Waals surface area (Å²) in [7, 11) is 2.24. The predicted molar refractivity (Wildman–Crippen MR) is 70.5 cm³/mol. The van der Waals surface area contributed by atoms with E-state index >= 15 is 0 Å². The van der Waals surface area contributed by atoms with Crippen molar-refractivity contribution in [2.45, 2.75) is 59.9 Å². The molecule has 1 rings (SSSR count). The van der Waals surface area contributed by atoms with E-state index in [2.05, 4.69) is 44.7 Å². The van der Waals surface area contributed by atoms with Crippen molar-refractivity contribution in [3.05, 3.63) is 0 Å². The maximum absolute atomic E-state index is 2.58. The van der Waals surface area contributed by atoms with Gasteiger partial charge >= 0.3 is 0 Å². The summed E-state index contributed by atoms with van der Waals surface area (Å²) < 4.78 is 0. The van der Waals surface area contributed by atoms with Crippen LogP contribution in [0.2, 0.25) is 6.82 Å². The summed E-state index contributed by atoms with van der Waals surface area (Å²) in [6, 6.07) is 1.44. The predicted octanol–water partition coefficient (Wildman–Crippen LogP) is 2.48. The third kappa shape index (κ3) is 4.56. The Hall–Kier alpha value is -0.0151. The highest BCUT2D eigenvalue weighted by atomic mass is 15.3. The Morgan fingerprint density at radius 3 is 2.27 bits per heavy atom. The zero-order chi connectivity index (χ0) is 11.8. The van der Waals surface area contributed by atoms with Crippen molar-refractivity contribution >= 4 is 7.41 Å². The maximum atomic E-state index is 2.58. The first-order valence-electron chi connectivity index (χ1n) is 6.48. The molecule has 0 aromatic heterocycles. The Bertz CT molecular complexity index is 151. The molecule has 1 aliphatic rings. The standard InChI is InChI=1S/C10H22BN2.C2H6/c1-5-10-8-12(9(2)3)6-7-13(10)11-4;1-2/h9-10H,5-8H2,1-4H3;1-2H3. The Kier molecular flexibility index (Phi) is 8.17. The van der Waals surface area contributed by atoms with E-state index in [1.807, 2.05) is 13.8 Å². The summed E-state index contributed by atoms with van der Waals surface area (Å²) in [6.07, 6.45) is 1.26. The van der Waals surface area contributed by atoms with Gasteiger partial charge in [-0.15, -0.1) is 0 Å². The third-order valence-electron chi connectivity index (χ3n) is 3.09. The fraction of sp³-hybridized carbons (Fsp3) is 1.00. The molecule has 0 spiro atoms. The molecule has 1 heterocycles. The van der Waals surface area contributed by atoms with Crippen LogP contribution in [0.5, 0.6) is 0 Å². The lowest BCUT2D eigenvalue weighted by atomic mass is 9.90. The minimum Gasteiger partial charge on any atom is -0.342 e. The lowest BCUT2D eigenvalue weighted by molar-refractivity contribution is 0.106. The molecule has 3 heteroatoms. The van der Waals surface area contributed by atoms with Crippen molar-refractivity contribution in [2.24, 2.45) is 0 Å². The SMILES string of the molecule is CC.C[B]N1CCN(C(C)C)CC1CC. The highest BCUT2D eigenvalue weighted by molar-refractivity contribution is 6.30. The van der Waals surface area contributed by atoms with E-state index in [-0.39, 0.29) is 0 Å². The minimum absolute atomic E-state index is 0.702. The van der Waals surface area contributed by atoms with Crippen LogP contribution in [0.15, 0.2) is 0 Å². The molecule has 89 valence electrons. The molecule has 0 saturated carbocycles. The van der Waals surface area contributed by atoms with Crippen LogP contribution in [0.1, 0.15) is 41.0 Å². The van der Waals surface area contributed by atoms with Gasteiger partial charge in [-0.25, -0.2) is 0 Å². The van der Waals surface area contributed by atoms with Crippen molar-refractivity contribution in [2.75, 3.05) is 19.6 Å². The van der Waals surface area contributed by atoms with Crippen LogP contribution in [-0.2, 0) is 0 Å². The van der Waals surface area contributed by atoms with Gasteiger partial charge in [-0.2, -0.15) is 0 Å². The average molecular weight is 211 g/mol. The first-order chi connectivity index (χ1) is 7.19. The number of hydrogen-bond acceptors (Lipinski definition) is 2. The molecule has 1 atom stereocenters. The van der Waals surface area contributed by atoms with E-state index in [4.69, 9.17) is 0 Å². The largest absolute Gasteiger partial charge is 0.342 e. The number of rotatable bonds is 3. The minimum atomic E-state index is 0.702. The van der Waals surface area contributed by atoms with Gasteiger partial charge in [0.2, 0.25) is 7.41 Å². The van der Waals surface area contributed by atoms with Crippen LogP contribution < -0.4 is 0 Å². The second kappa shape index (κ2) is 8.17. The highest BCUT2D eigenvalue weighted by Gasteiger charge is 2.25. The summed E-state index contributed by atoms with van der Waals surface area (Å²) in [5.41, 5.74) is 0. The third-order valence-corrected chi connectivity index (χ3v) is 3.09. The number of hydrogen-bond donors (Lipinski definition) is 0. The van der Waals surface area contributed by atoms with Crippen LogP contribution in [0.3, 0.4) is 0 Å². The summed E-state index contributed by atoms with van der Waals surface area (Å²) in [6.45, 7) is 16.7. The average Bonchev–Trinajstić information content (AvgIpc) is 2.30. The summed E-state index contributed by atoms with van der Waals surface area (Å²) in [5, 5.41) is 0. The molecular weight excluding hydrogens is 183 g/mol. The van der Waals surface area contributed by atoms with Crippen molar-refractivity contribution in [3.8, 4) is 0 Å². The molecule has 2 nitrogen and oxygen atoms in total. The molecule has 0 aromatic rings. The van der Waals surface area contributed by atoms with Gasteiger partial charge in [-0.1, -0.05) is 27.6 Å². The molecule has 0 N–H and O–H groups in total. The van der Waals surface area contributed by atoms with E-state index in [0.717, 1.165) is 6.04 Å². The van der Waals surface area contributed by atoms with Crippen molar-refractivity contribution in [1.29, 1.82) is 0 Å². The highest BCUT2D eigenvalue weighted by Crippen LogP contribution is 2.13. The molecule has 1 aliphatic heterocycles. The van der Waals surface area contributed by atoms with Crippen LogP contribution in [0.4, 0.5) is 0 Å². The molecule has 0 amide bonds. The fourth-order valence-corrected chi connectivity index (χ4v) is 2.07.